The first-order chi connectivity index (χ1) is 12.8. The lowest BCUT2D eigenvalue weighted by atomic mass is 9.76. The van der Waals surface area contributed by atoms with E-state index in [2.05, 4.69) is 6.92 Å². The molecule has 1 aromatic carbocycles. The minimum Gasteiger partial charge on any atom is -0.478 e. The minimum absolute atomic E-state index is 0.0708. The Kier molecular flexibility index (Phi) is 7.35. The van der Waals surface area contributed by atoms with Gasteiger partial charge in [0, 0.05) is 6.61 Å². The molecule has 0 saturated carbocycles. The van der Waals surface area contributed by atoms with Crippen LogP contribution in [0.25, 0.3) is 0 Å². The van der Waals surface area contributed by atoms with E-state index in [0.717, 1.165) is 12.8 Å². The second-order valence-corrected chi connectivity index (χ2v) is 7.54. The molecule has 0 aliphatic carbocycles. The molecule has 0 radical (unpaired) electrons. The smallest absolute Gasteiger partial charge is 0.338 e. The van der Waals surface area contributed by atoms with Crippen molar-refractivity contribution in [1.82, 2.24) is 0 Å². The van der Waals surface area contributed by atoms with Crippen molar-refractivity contribution in [1.29, 1.82) is 0 Å². The number of ether oxygens (including phenoxy) is 2. The van der Waals surface area contributed by atoms with Crippen LogP contribution in [0.5, 0.6) is 0 Å². The van der Waals surface area contributed by atoms with Crippen LogP contribution in [-0.2, 0) is 9.47 Å². The summed E-state index contributed by atoms with van der Waals surface area (Å²) in [5.41, 5.74) is -0.824. The van der Waals surface area contributed by atoms with Gasteiger partial charge in [-0.3, -0.25) is 0 Å². The third-order valence-electron chi connectivity index (χ3n) is 5.29. The number of carboxylic acids is 1. The van der Waals surface area contributed by atoms with Gasteiger partial charge in [0.05, 0.1) is 35.9 Å². The van der Waals surface area contributed by atoms with Gasteiger partial charge < -0.3 is 24.8 Å². The molecule has 2 rings (SSSR count). The molecule has 1 aromatic rings. The fourth-order valence-electron chi connectivity index (χ4n) is 3.66. The lowest BCUT2D eigenvalue weighted by Crippen LogP contribution is -2.50. The van der Waals surface area contributed by atoms with Gasteiger partial charge in [-0.15, -0.1) is 0 Å². The second kappa shape index (κ2) is 9.30. The topological polar surface area (TPSA) is 113 Å². The number of aliphatic hydroxyl groups is 2. The van der Waals surface area contributed by atoms with Crippen molar-refractivity contribution in [3.05, 3.63) is 35.4 Å². The highest BCUT2D eigenvalue weighted by atomic mass is 16.5. The Balaban J connectivity index is 2.10. The molecular formula is C20H28O7. The first-order valence-electron chi connectivity index (χ1n) is 9.16. The van der Waals surface area contributed by atoms with Crippen molar-refractivity contribution in [2.45, 2.75) is 32.8 Å². The monoisotopic (exact) mass is 380 g/mol. The Hall–Kier alpha value is -1.96. The number of aliphatic hydroxyl groups excluding tert-OH is 2. The average molecular weight is 380 g/mol. The number of hydrogen-bond donors (Lipinski definition) is 3. The quantitative estimate of drug-likeness (QED) is 0.620. The van der Waals surface area contributed by atoms with Crippen molar-refractivity contribution in [2.75, 3.05) is 26.4 Å². The number of esters is 1. The van der Waals surface area contributed by atoms with Crippen LogP contribution in [0.2, 0.25) is 0 Å². The lowest BCUT2D eigenvalue weighted by molar-refractivity contribution is -0.130. The molecule has 0 amide bonds. The molecule has 1 aliphatic rings. The number of aromatic carboxylic acids is 1. The summed E-state index contributed by atoms with van der Waals surface area (Å²) < 4.78 is 11.3. The highest BCUT2D eigenvalue weighted by Gasteiger charge is 2.44. The maximum Gasteiger partial charge on any atom is 0.338 e. The largest absolute Gasteiger partial charge is 0.478 e. The van der Waals surface area contributed by atoms with E-state index in [1.165, 1.54) is 24.3 Å². The van der Waals surface area contributed by atoms with Gasteiger partial charge in [0.15, 0.2) is 0 Å². The SMILES string of the molecule is CC1CCOC(C(CO)(CO)COC(=O)c2ccc(C(=O)O)cc2)C(C)C1. The van der Waals surface area contributed by atoms with Crippen molar-refractivity contribution in [3.8, 4) is 0 Å². The fourth-order valence-corrected chi connectivity index (χ4v) is 3.66. The Morgan fingerprint density at radius 2 is 1.74 bits per heavy atom. The summed E-state index contributed by atoms with van der Waals surface area (Å²) in [5, 5.41) is 28.9. The number of rotatable bonds is 7. The fraction of sp³-hybridized carbons (Fsp3) is 0.600. The summed E-state index contributed by atoms with van der Waals surface area (Å²) in [6.07, 6.45) is 1.38. The Morgan fingerprint density at radius 3 is 2.30 bits per heavy atom. The summed E-state index contributed by atoms with van der Waals surface area (Å²) >= 11 is 0. The van der Waals surface area contributed by atoms with Crippen LogP contribution in [0.4, 0.5) is 0 Å². The molecule has 150 valence electrons. The molecule has 27 heavy (non-hydrogen) atoms. The zero-order valence-corrected chi connectivity index (χ0v) is 15.8. The van der Waals surface area contributed by atoms with Gasteiger partial charge in [-0.2, -0.15) is 0 Å². The first-order valence-corrected chi connectivity index (χ1v) is 9.16. The van der Waals surface area contributed by atoms with Gasteiger partial charge in [0.1, 0.15) is 6.61 Å². The van der Waals surface area contributed by atoms with Crippen molar-refractivity contribution in [2.24, 2.45) is 17.3 Å². The van der Waals surface area contributed by atoms with Crippen molar-refractivity contribution in [3.63, 3.8) is 0 Å². The van der Waals surface area contributed by atoms with Crippen molar-refractivity contribution < 1.29 is 34.4 Å². The van der Waals surface area contributed by atoms with Crippen LogP contribution in [0.3, 0.4) is 0 Å². The van der Waals surface area contributed by atoms with Gasteiger partial charge in [-0.1, -0.05) is 13.8 Å². The van der Waals surface area contributed by atoms with Crippen LogP contribution in [-0.4, -0.2) is 59.8 Å². The van der Waals surface area contributed by atoms with Crippen LogP contribution >= 0.6 is 0 Å². The van der Waals surface area contributed by atoms with Gasteiger partial charge >= 0.3 is 11.9 Å². The van der Waals surface area contributed by atoms with E-state index in [-0.39, 0.29) is 36.9 Å². The predicted octanol–water partition coefficient (Wildman–Crippen LogP) is 1.96. The Labute approximate surface area is 158 Å². The van der Waals surface area contributed by atoms with Crippen LogP contribution in [0.1, 0.15) is 47.4 Å². The van der Waals surface area contributed by atoms with Crippen molar-refractivity contribution >= 4 is 11.9 Å². The molecule has 7 nitrogen and oxygen atoms in total. The van der Waals surface area contributed by atoms with E-state index in [9.17, 15) is 19.8 Å². The molecule has 1 saturated heterocycles. The standard InChI is InChI=1S/C20H28O7/c1-13-7-8-26-17(14(2)9-13)20(10-21,11-22)12-27-19(25)16-5-3-15(4-6-16)18(23)24/h3-6,13-14,17,21-22H,7-12H2,1-2H3,(H,23,24). The lowest BCUT2D eigenvalue weighted by Gasteiger charge is -2.39. The zero-order chi connectivity index (χ0) is 20.0. The molecular weight excluding hydrogens is 352 g/mol. The third kappa shape index (κ3) is 5.06. The molecule has 0 aromatic heterocycles. The van der Waals surface area contributed by atoms with E-state index in [1.54, 1.807) is 0 Å². The highest BCUT2D eigenvalue weighted by Crippen LogP contribution is 2.36. The van der Waals surface area contributed by atoms with Crippen LogP contribution in [0.15, 0.2) is 24.3 Å². The van der Waals surface area contributed by atoms with E-state index < -0.39 is 23.5 Å². The number of carbonyl (C=O) groups excluding carboxylic acids is 1. The number of benzene rings is 1. The molecule has 3 atom stereocenters. The second-order valence-electron chi connectivity index (χ2n) is 7.54. The number of carbonyl (C=O) groups is 2. The van der Waals surface area contributed by atoms with Crippen LogP contribution in [0, 0.1) is 17.3 Å². The normalized spacial score (nSPS) is 23.5. The summed E-state index contributed by atoms with van der Waals surface area (Å²) in [6.45, 7) is 3.74. The van der Waals surface area contributed by atoms with Gasteiger partial charge in [-0.25, -0.2) is 9.59 Å². The van der Waals surface area contributed by atoms with Crippen LogP contribution < -0.4 is 0 Å². The van der Waals surface area contributed by atoms with Gasteiger partial charge in [0.2, 0.25) is 0 Å². The zero-order valence-electron chi connectivity index (χ0n) is 15.8. The molecule has 7 heteroatoms. The van der Waals surface area contributed by atoms with E-state index >= 15 is 0 Å². The summed E-state index contributed by atoms with van der Waals surface area (Å²) in [5.74, 6) is -1.15. The molecule has 1 heterocycles. The maximum absolute atomic E-state index is 12.3. The van der Waals surface area contributed by atoms with E-state index in [1.807, 2.05) is 6.92 Å². The molecule has 3 N–H and O–H groups in total. The molecule has 0 spiro atoms. The predicted molar refractivity (Wildman–Crippen MR) is 97.6 cm³/mol. The number of carboxylic acid groups (broad SMARTS) is 1. The average Bonchev–Trinajstić information content (AvgIpc) is 2.83. The molecule has 1 aliphatic heterocycles. The Bertz CT molecular complexity index is 636. The van der Waals surface area contributed by atoms with Gasteiger partial charge in [-0.05, 0) is 48.9 Å². The third-order valence-corrected chi connectivity index (χ3v) is 5.29. The van der Waals surface area contributed by atoms with E-state index in [0.29, 0.717) is 12.5 Å². The highest BCUT2D eigenvalue weighted by molar-refractivity contribution is 5.92. The molecule has 0 bridgehead atoms. The number of hydrogen-bond acceptors (Lipinski definition) is 6. The molecule has 1 fully saturated rings. The Morgan fingerprint density at radius 1 is 1.15 bits per heavy atom. The van der Waals surface area contributed by atoms with E-state index in [4.69, 9.17) is 14.6 Å². The first kappa shape index (κ1) is 21.3. The minimum atomic E-state index is -1.10. The summed E-state index contributed by atoms with van der Waals surface area (Å²) in [4.78, 5) is 23.2. The maximum atomic E-state index is 12.3. The summed E-state index contributed by atoms with van der Waals surface area (Å²) in [6, 6.07) is 5.39. The summed E-state index contributed by atoms with van der Waals surface area (Å²) in [7, 11) is 0. The molecule has 3 unspecified atom stereocenters. The van der Waals surface area contributed by atoms with Gasteiger partial charge in [0.25, 0.3) is 0 Å².